The Balaban J connectivity index is 2.07. The lowest BCUT2D eigenvalue weighted by molar-refractivity contribution is -0.192. The molecule has 1 fully saturated rings. The number of rotatable bonds is 3. The lowest BCUT2D eigenvalue weighted by Gasteiger charge is -2.13. The van der Waals surface area contributed by atoms with Crippen LogP contribution in [0.15, 0.2) is 0 Å². The summed E-state index contributed by atoms with van der Waals surface area (Å²) in [5.41, 5.74) is 7.93. The highest BCUT2D eigenvalue weighted by atomic mass is 19.4. The lowest BCUT2D eigenvalue weighted by Crippen LogP contribution is -2.32. The van der Waals surface area contributed by atoms with Gasteiger partial charge in [-0.05, 0) is 19.3 Å². The van der Waals surface area contributed by atoms with Crippen LogP contribution < -0.4 is 11.2 Å². The van der Waals surface area contributed by atoms with Crippen LogP contribution in [0.1, 0.15) is 19.3 Å². The molecule has 1 rings (SSSR count). The van der Waals surface area contributed by atoms with Crippen molar-refractivity contribution in [1.29, 1.82) is 0 Å². The van der Waals surface area contributed by atoms with E-state index in [4.69, 9.17) is 5.73 Å². The molecule has 13 heavy (non-hydrogen) atoms. The van der Waals surface area contributed by atoms with Crippen LogP contribution >= 0.6 is 0 Å². The van der Waals surface area contributed by atoms with Crippen molar-refractivity contribution in [2.45, 2.75) is 37.5 Å². The van der Waals surface area contributed by atoms with Gasteiger partial charge in [-0.3, -0.25) is 4.84 Å². The Labute approximate surface area is 74.4 Å². The Kier molecular flexibility index (Phi) is 3.52. The average molecular weight is 198 g/mol. The van der Waals surface area contributed by atoms with E-state index in [-0.39, 0.29) is 12.1 Å². The molecule has 78 valence electrons. The Bertz CT molecular complexity index is 162. The zero-order valence-electron chi connectivity index (χ0n) is 7.10. The Morgan fingerprint density at radius 3 is 2.54 bits per heavy atom. The lowest BCUT2D eigenvalue weighted by atomic mass is 10.2. The molecule has 1 aliphatic carbocycles. The van der Waals surface area contributed by atoms with Crippen LogP contribution in [0.2, 0.25) is 0 Å². The molecule has 0 aliphatic heterocycles. The molecule has 0 amide bonds. The molecule has 1 saturated carbocycles. The summed E-state index contributed by atoms with van der Waals surface area (Å²) in [6.45, 7) is -1.25. The van der Waals surface area contributed by atoms with Gasteiger partial charge in [0.2, 0.25) is 0 Å². The van der Waals surface area contributed by atoms with Crippen molar-refractivity contribution in [3.63, 3.8) is 0 Å². The van der Waals surface area contributed by atoms with Gasteiger partial charge in [-0.25, -0.2) is 0 Å². The Hall–Kier alpha value is -0.330. The second-order valence-corrected chi connectivity index (χ2v) is 3.29. The first-order chi connectivity index (χ1) is 5.97. The number of nitrogens with one attached hydrogen (secondary N) is 1. The summed E-state index contributed by atoms with van der Waals surface area (Å²) in [5.74, 6) is 0. The summed E-state index contributed by atoms with van der Waals surface area (Å²) in [6.07, 6.45) is -1.97. The summed E-state index contributed by atoms with van der Waals surface area (Å²) in [4.78, 5) is 4.30. The maximum atomic E-state index is 11.6. The maximum absolute atomic E-state index is 11.6. The number of hydroxylamine groups is 1. The second kappa shape index (κ2) is 4.26. The molecule has 0 radical (unpaired) electrons. The smallest absolute Gasteiger partial charge is 0.328 e. The second-order valence-electron chi connectivity index (χ2n) is 3.29. The molecule has 0 spiro atoms. The van der Waals surface area contributed by atoms with E-state index in [1.165, 1.54) is 0 Å². The Morgan fingerprint density at radius 2 is 2.08 bits per heavy atom. The minimum atomic E-state index is -4.27. The van der Waals surface area contributed by atoms with Crippen molar-refractivity contribution in [1.82, 2.24) is 5.48 Å². The molecule has 0 saturated heterocycles. The molecule has 2 atom stereocenters. The third-order valence-electron chi connectivity index (χ3n) is 1.96. The first kappa shape index (κ1) is 10.7. The van der Waals surface area contributed by atoms with E-state index in [1.807, 2.05) is 0 Å². The van der Waals surface area contributed by atoms with Crippen LogP contribution in [0.4, 0.5) is 13.2 Å². The molecular weight excluding hydrogens is 185 g/mol. The van der Waals surface area contributed by atoms with Crippen molar-refractivity contribution in [3.8, 4) is 0 Å². The Morgan fingerprint density at radius 1 is 1.38 bits per heavy atom. The van der Waals surface area contributed by atoms with Crippen LogP contribution in [-0.4, -0.2) is 24.9 Å². The van der Waals surface area contributed by atoms with Gasteiger partial charge in [0.1, 0.15) is 0 Å². The summed E-state index contributed by atoms with van der Waals surface area (Å²) in [6, 6.07) is 0.0596. The van der Waals surface area contributed by atoms with Gasteiger partial charge in [-0.2, -0.15) is 18.7 Å². The van der Waals surface area contributed by atoms with E-state index in [0.29, 0.717) is 6.42 Å². The van der Waals surface area contributed by atoms with E-state index in [0.717, 1.165) is 12.8 Å². The van der Waals surface area contributed by atoms with Gasteiger partial charge in [-0.15, -0.1) is 0 Å². The summed E-state index contributed by atoms with van der Waals surface area (Å²) >= 11 is 0. The minimum absolute atomic E-state index is 0.0302. The number of hydrogen-bond donors (Lipinski definition) is 2. The third kappa shape index (κ3) is 4.44. The molecule has 3 nitrogen and oxygen atoms in total. The first-order valence-electron chi connectivity index (χ1n) is 4.17. The third-order valence-corrected chi connectivity index (χ3v) is 1.96. The number of nitrogens with two attached hydrogens (primary N) is 1. The summed E-state index contributed by atoms with van der Waals surface area (Å²) in [5, 5.41) is 0. The van der Waals surface area contributed by atoms with Gasteiger partial charge in [0.05, 0.1) is 0 Å². The molecule has 0 aromatic rings. The average Bonchev–Trinajstić information content (AvgIpc) is 2.33. The SMILES string of the molecule is NC1CCC(NOCC(F)(F)F)C1. The van der Waals surface area contributed by atoms with E-state index in [1.54, 1.807) is 0 Å². The van der Waals surface area contributed by atoms with E-state index < -0.39 is 12.8 Å². The van der Waals surface area contributed by atoms with Crippen molar-refractivity contribution in [3.05, 3.63) is 0 Å². The summed E-state index contributed by atoms with van der Waals surface area (Å²) < 4.78 is 34.8. The highest BCUT2D eigenvalue weighted by molar-refractivity contribution is 4.80. The highest BCUT2D eigenvalue weighted by Gasteiger charge is 2.29. The van der Waals surface area contributed by atoms with E-state index in [2.05, 4.69) is 10.3 Å². The van der Waals surface area contributed by atoms with E-state index in [9.17, 15) is 13.2 Å². The largest absolute Gasteiger partial charge is 0.413 e. The van der Waals surface area contributed by atoms with Gasteiger partial charge in [0, 0.05) is 12.1 Å². The van der Waals surface area contributed by atoms with Crippen LogP contribution in [0, 0.1) is 0 Å². The zero-order chi connectivity index (χ0) is 9.90. The number of hydrogen-bond acceptors (Lipinski definition) is 3. The fraction of sp³-hybridized carbons (Fsp3) is 1.00. The summed E-state index contributed by atoms with van der Waals surface area (Å²) in [7, 11) is 0. The van der Waals surface area contributed by atoms with Crippen molar-refractivity contribution < 1.29 is 18.0 Å². The molecule has 0 heterocycles. The van der Waals surface area contributed by atoms with Gasteiger partial charge in [0.15, 0.2) is 6.61 Å². The van der Waals surface area contributed by atoms with Gasteiger partial charge in [-0.1, -0.05) is 0 Å². The number of alkyl halides is 3. The fourth-order valence-corrected chi connectivity index (χ4v) is 1.36. The van der Waals surface area contributed by atoms with Crippen molar-refractivity contribution in [2.75, 3.05) is 6.61 Å². The van der Waals surface area contributed by atoms with Crippen molar-refractivity contribution in [2.24, 2.45) is 5.73 Å². The molecule has 1 aliphatic rings. The van der Waals surface area contributed by atoms with Gasteiger partial charge < -0.3 is 5.73 Å². The minimum Gasteiger partial charge on any atom is -0.328 e. The predicted octanol–water partition coefficient (Wildman–Crippen LogP) is 0.950. The molecule has 0 aromatic heterocycles. The molecule has 0 aromatic carbocycles. The molecular formula is C7H13F3N2O. The standard InChI is InChI=1S/C7H13F3N2O/c8-7(9,10)4-13-12-6-2-1-5(11)3-6/h5-6,12H,1-4,11H2. The fourth-order valence-electron chi connectivity index (χ4n) is 1.36. The molecule has 2 unspecified atom stereocenters. The van der Waals surface area contributed by atoms with Crippen LogP contribution in [-0.2, 0) is 4.84 Å². The molecule has 6 heteroatoms. The predicted molar refractivity (Wildman–Crippen MR) is 40.8 cm³/mol. The molecule has 0 bridgehead atoms. The quantitative estimate of drug-likeness (QED) is 0.664. The van der Waals surface area contributed by atoms with E-state index >= 15 is 0 Å². The highest BCUT2D eigenvalue weighted by Crippen LogP contribution is 2.18. The zero-order valence-corrected chi connectivity index (χ0v) is 7.10. The topological polar surface area (TPSA) is 47.3 Å². The van der Waals surface area contributed by atoms with Gasteiger partial charge in [0.25, 0.3) is 0 Å². The normalized spacial score (nSPS) is 29.5. The van der Waals surface area contributed by atoms with Gasteiger partial charge >= 0.3 is 6.18 Å². The van der Waals surface area contributed by atoms with Crippen molar-refractivity contribution >= 4 is 0 Å². The van der Waals surface area contributed by atoms with Crippen LogP contribution in [0.3, 0.4) is 0 Å². The van der Waals surface area contributed by atoms with Crippen LogP contribution in [0.5, 0.6) is 0 Å². The monoisotopic (exact) mass is 198 g/mol. The van der Waals surface area contributed by atoms with Crippen LogP contribution in [0.25, 0.3) is 0 Å². The number of halogens is 3. The first-order valence-corrected chi connectivity index (χ1v) is 4.17. The molecule has 3 N–H and O–H groups in total. The maximum Gasteiger partial charge on any atom is 0.413 e.